The maximum Gasteiger partial charge on any atom is 0.114 e. The highest BCUT2D eigenvalue weighted by Gasteiger charge is 2.40. The smallest absolute Gasteiger partial charge is 0.114 e. The summed E-state index contributed by atoms with van der Waals surface area (Å²) in [5.41, 5.74) is 0. The lowest BCUT2D eigenvalue weighted by atomic mass is 10.1. The van der Waals surface area contributed by atoms with Crippen molar-refractivity contribution >= 4 is 0 Å². The lowest BCUT2D eigenvalue weighted by Gasteiger charge is -2.24. The molecular formula is C14H26O5. The fourth-order valence-electron chi connectivity index (χ4n) is 2.05. The van der Waals surface area contributed by atoms with Crippen molar-refractivity contribution in [3.05, 3.63) is 12.2 Å². The Labute approximate surface area is 114 Å². The van der Waals surface area contributed by atoms with Gasteiger partial charge in [-0.3, -0.25) is 0 Å². The molecule has 0 unspecified atom stereocenters. The molecule has 0 saturated carbocycles. The summed E-state index contributed by atoms with van der Waals surface area (Å²) in [5.74, 6) is 0. The molecule has 1 heterocycles. The lowest BCUT2D eigenvalue weighted by Crippen LogP contribution is -2.42. The average molecular weight is 274 g/mol. The molecule has 0 radical (unpaired) electrons. The van der Waals surface area contributed by atoms with Crippen LogP contribution in [0.3, 0.4) is 0 Å². The van der Waals surface area contributed by atoms with Crippen LogP contribution in [0.2, 0.25) is 0 Å². The van der Waals surface area contributed by atoms with Gasteiger partial charge in [0.05, 0.1) is 19.8 Å². The maximum atomic E-state index is 9.68. The molecule has 3 N–H and O–H groups in total. The molecule has 0 aromatic heterocycles. The monoisotopic (exact) mass is 274 g/mol. The van der Waals surface area contributed by atoms with Crippen LogP contribution in [0.1, 0.15) is 32.6 Å². The molecule has 0 aromatic rings. The number of rotatable bonds is 9. The van der Waals surface area contributed by atoms with Gasteiger partial charge in [-0.25, -0.2) is 0 Å². The van der Waals surface area contributed by atoms with E-state index in [1.807, 2.05) is 0 Å². The van der Waals surface area contributed by atoms with Crippen molar-refractivity contribution in [3.8, 4) is 0 Å². The van der Waals surface area contributed by atoms with E-state index in [1.54, 1.807) is 0 Å². The molecule has 112 valence electrons. The van der Waals surface area contributed by atoms with E-state index in [0.717, 1.165) is 12.8 Å². The molecule has 0 bridgehead atoms. The number of hydrogen-bond acceptors (Lipinski definition) is 5. The third-order valence-corrected chi connectivity index (χ3v) is 3.24. The van der Waals surface area contributed by atoms with Crippen LogP contribution in [-0.2, 0) is 9.47 Å². The van der Waals surface area contributed by atoms with Gasteiger partial charge in [0.15, 0.2) is 0 Å². The summed E-state index contributed by atoms with van der Waals surface area (Å²) in [6.45, 7) is 2.48. The van der Waals surface area contributed by atoms with Crippen LogP contribution in [0.4, 0.5) is 0 Å². The van der Waals surface area contributed by atoms with Crippen LogP contribution < -0.4 is 0 Å². The molecule has 1 fully saturated rings. The van der Waals surface area contributed by atoms with Crippen LogP contribution >= 0.6 is 0 Å². The van der Waals surface area contributed by atoms with Gasteiger partial charge in [0.25, 0.3) is 0 Å². The third-order valence-electron chi connectivity index (χ3n) is 3.24. The summed E-state index contributed by atoms with van der Waals surface area (Å²) in [4.78, 5) is 0. The number of unbranched alkanes of at least 4 members (excludes halogenated alkanes) is 2. The Morgan fingerprint density at radius 1 is 1.32 bits per heavy atom. The fraction of sp³-hybridized carbons (Fsp3) is 0.857. The highest BCUT2D eigenvalue weighted by molar-refractivity contribution is 4.89. The topological polar surface area (TPSA) is 79.2 Å². The van der Waals surface area contributed by atoms with Crippen LogP contribution in [0.25, 0.3) is 0 Å². The van der Waals surface area contributed by atoms with E-state index >= 15 is 0 Å². The average Bonchev–Trinajstić information content (AvgIpc) is 2.74. The van der Waals surface area contributed by atoms with Crippen LogP contribution in [0, 0.1) is 0 Å². The molecule has 0 amide bonds. The van der Waals surface area contributed by atoms with Crippen LogP contribution in [-0.4, -0.2) is 59.6 Å². The zero-order valence-corrected chi connectivity index (χ0v) is 11.6. The molecular weight excluding hydrogens is 248 g/mol. The predicted octanol–water partition coefficient (Wildman–Crippen LogP) is 0.621. The molecule has 19 heavy (non-hydrogen) atoms. The fourth-order valence-corrected chi connectivity index (χ4v) is 2.05. The Morgan fingerprint density at radius 2 is 2.05 bits per heavy atom. The highest BCUT2D eigenvalue weighted by Crippen LogP contribution is 2.19. The Bertz CT molecular complexity index is 256. The quantitative estimate of drug-likeness (QED) is 0.424. The summed E-state index contributed by atoms with van der Waals surface area (Å²) < 4.78 is 10.7. The summed E-state index contributed by atoms with van der Waals surface area (Å²) in [6.07, 6.45) is 5.30. The summed E-state index contributed by atoms with van der Waals surface area (Å²) in [6, 6.07) is 0. The molecule has 0 spiro atoms. The zero-order chi connectivity index (χ0) is 14.1. The minimum absolute atomic E-state index is 0.0859. The third kappa shape index (κ3) is 5.58. The van der Waals surface area contributed by atoms with Crippen molar-refractivity contribution < 1.29 is 24.8 Å². The van der Waals surface area contributed by atoms with Crippen molar-refractivity contribution in [1.29, 1.82) is 0 Å². The lowest BCUT2D eigenvalue weighted by molar-refractivity contribution is -0.0996. The van der Waals surface area contributed by atoms with Gasteiger partial charge in [0, 0.05) is 0 Å². The molecule has 1 saturated heterocycles. The van der Waals surface area contributed by atoms with Crippen LogP contribution in [0.5, 0.6) is 0 Å². The van der Waals surface area contributed by atoms with E-state index in [9.17, 15) is 15.3 Å². The van der Waals surface area contributed by atoms with Gasteiger partial charge < -0.3 is 24.8 Å². The van der Waals surface area contributed by atoms with Gasteiger partial charge in [0.2, 0.25) is 0 Å². The van der Waals surface area contributed by atoms with Gasteiger partial charge in [-0.05, 0) is 12.8 Å². The molecule has 1 aliphatic rings. The SMILES string of the molecule is CCCC/C=C/CCO[C@@H](CO)[C@@H]1OC[C@@H](O)[C@@H]1O. The van der Waals surface area contributed by atoms with Crippen LogP contribution in [0.15, 0.2) is 12.2 Å². The Morgan fingerprint density at radius 3 is 2.63 bits per heavy atom. The largest absolute Gasteiger partial charge is 0.394 e. The Hall–Kier alpha value is -0.460. The normalized spacial score (nSPS) is 29.2. The highest BCUT2D eigenvalue weighted by atomic mass is 16.6. The Kier molecular flexibility index (Phi) is 8.25. The predicted molar refractivity (Wildman–Crippen MR) is 71.9 cm³/mol. The number of aliphatic hydroxyl groups is 3. The van der Waals surface area contributed by atoms with Crippen molar-refractivity contribution in [3.63, 3.8) is 0 Å². The standard InChI is InChI=1S/C14H26O5/c1-2-3-4-5-6-7-8-18-12(9-15)14-13(17)11(16)10-19-14/h5-6,11-17H,2-4,7-10H2,1H3/b6-5+/t11-,12+,13+,14+/m1/s1. The second-order valence-corrected chi connectivity index (χ2v) is 4.85. The molecule has 1 aliphatic heterocycles. The van der Waals surface area contributed by atoms with Crippen molar-refractivity contribution in [2.24, 2.45) is 0 Å². The molecule has 5 heteroatoms. The number of allylic oxidation sites excluding steroid dienone is 1. The van der Waals surface area contributed by atoms with Crippen molar-refractivity contribution in [2.75, 3.05) is 19.8 Å². The summed E-state index contributed by atoms with van der Waals surface area (Å²) in [7, 11) is 0. The minimum atomic E-state index is -0.989. The first-order chi connectivity index (χ1) is 9.20. The molecule has 1 rings (SSSR count). The van der Waals surface area contributed by atoms with Gasteiger partial charge >= 0.3 is 0 Å². The maximum absolute atomic E-state index is 9.68. The first-order valence-electron chi connectivity index (χ1n) is 7.05. The summed E-state index contributed by atoms with van der Waals surface area (Å²) in [5, 5.41) is 28.3. The number of ether oxygens (including phenoxy) is 2. The molecule has 4 atom stereocenters. The first kappa shape index (κ1) is 16.6. The molecule has 0 aliphatic carbocycles. The number of aliphatic hydroxyl groups excluding tert-OH is 3. The van der Waals surface area contributed by atoms with Gasteiger partial charge in [-0.15, -0.1) is 0 Å². The van der Waals surface area contributed by atoms with E-state index in [2.05, 4.69) is 19.1 Å². The zero-order valence-electron chi connectivity index (χ0n) is 11.6. The van der Waals surface area contributed by atoms with E-state index in [-0.39, 0.29) is 13.2 Å². The molecule has 5 nitrogen and oxygen atoms in total. The van der Waals surface area contributed by atoms with E-state index in [4.69, 9.17) is 9.47 Å². The summed E-state index contributed by atoms with van der Waals surface area (Å²) >= 11 is 0. The second-order valence-electron chi connectivity index (χ2n) is 4.85. The van der Waals surface area contributed by atoms with E-state index in [0.29, 0.717) is 6.61 Å². The van der Waals surface area contributed by atoms with Crippen molar-refractivity contribution in [2.45, 2.75) is 57.0 Å². The van der Waals surface area contributed by atoms with Crippen molar-refractivity contribution in [1.82, 2.24) is 0 Å². The Balaban J connectivity index is 2.20. The second kappa shape index (κ2) is 9.44. The minimum Gasteiger partial charge on any atom is -0.394 e. The molecule has 0 aromatic carbocycles. The van der Waals surface area contributed by atoms with E-state index in [1.165, 1.54) is 12.8 Å². The van der Waals surface area contributed by atoms with E-state index < -0.39 is 24.4 Å². The van der Waals surface area contributed by atoms with Gasteiger partial charge in [0.1, 0.15) is 24.4 Å². The number of hydrogen-bond donors (Lipinski definition) is 3. The first-order valence-corrected chi connectivity index (χ1v) is 7.05. The van der Waals surface area contributed by atoms with Gasteiger partial charge in [-0.2, -0.15) is 0 Å². The van der Waals surface area contributed by atoms with Gasteiger partial charge in [-0.1, -0.05) is 31.9 Å².